The summed E-state index contributed by atoms with van der Waals surface area (Å²) in [6, 6.07) is 0. The summed E-state index contributed by atoms with van der Waals surface area (Å²) >= 11 is 0. The van der Waals surface area contributed by atoms with Gasteiger partial charge in [-0.15, -0.1) is 0 Å². The van der Waals surface area contributed by atoms with Crippen LogP contribution in [0.25, 0.3) is 0 Å². The number of rotatable bonds is 16. The molecule has 0 heterocycles. The van der Waals surface area contributed by atoms with Gasteiger partial charge in [-0.2, -0.15) is 8.42 Å². The monoisotopic (exact) mass is 430 g/mol. The first kappa shape index (κ1) is 30.6. The van der Waals surface area contributed by atoms with Crippen LogP contribution in [-0.4, -0.2) is 58.7 Å². The minimum absolute atomic E-state index is 0. The van der Waals surface area contributed by atoms with Crippen LogP contribution in [0.5, 0.6) is 0 Å². The van der Waals surface area contributed by atoms with Gasteiger partial charge in [-0.25, -0.2) is 0 Å². The molecule has 0 fully saturated rings. The Balaban J connectivity index is 0. The Kier molecular flexibility index (Phi) is 15.3. The topological polar surface area (TPSA) is 129 Å². The molecule has 9 heteroatoms. The predicted molar refractivity (Wildman–Crippen MR) is 116 cm³/mol. The summed E-state index contributed by atoms with van der Waals surface area (Å²) in [5, 5.41) is 19.7. The molecular weight excluding hydrogens is 391 g/mol. The van der Waals surface area contributed by atoms with Crippen molar-refractivity contribution in [2.45, 2.75) is 96.7 Å². The Morgan fingerprint density at radius 3 is 1.66 bits per heavy atom. The van der Waals surface area contributed by atoms with Gasteiger partial charge < -0.3 is 10.2 Å². The summed E-state index contributed by atoms with van der Waals surface area (Å²) in [7, 11) is -5.15. The molecule has 29 heavy (non-hydrogen) atoms. The van der Waals surface area contributed by atoms with Crippen molar-refractivity contribution in [2.24, 2.45) is 17.8 Å². The molecule has 0 aromatic rings. The SMILES string of the molecule is CCCCC(CC)CC(C(=O)O)C(CC(CC)CCCC)(C(=O)O)S(=O)(=O)O.[LiH]. The Morgan fingerprint density at radius 2 is 1.34 bits per heavy atom. The van der Waals surface area contributed by atoms with Gasteiger partial charge in [-0.1, -0.05) is 79.1 Å². The molecule has 0 amide bonds. The first-order valence-corrected chi connectivity index (χ1v) is 11.9. The molecule has 0 aliphatic heterocycles. The van der Waals surface area contributed by atoms with Crippen molar-refractivity contribution in [1.29, 1.82) is 0 Å². The molecule has 168 valence electrons. The van der Waals surface area contributed by atoms with E-state index in [0.29, 0.717) is 25.7 Å². The fourth-order valence-corrected chi connectivity index (χ4v) is 5.18. The number of aliphatic carboxylic acids is 2. The minimum atomic E-state index is -5.15. The molecule has 4 atom stereocenters. The fraction of sp³-hybridized carbons (Fsp3) is 0.900. The Hall–Kier alpha value is -0.553. The van der Waals surface area contributed by atoms with Crippen LogP contribution in [0.15, 0.2) is 0 Å². The number of carboxylic acid groups (broad SMARTS) is 2. The number of unbranched alkanes of at least 4 members (excludes halogenated alkanes) is 2. The zero-order chi connectivity index (χ0) is 22.0. The average molecular weight is 431 g/mol. The molecule has 0 aromatic carbocycles. The normalized spacial score (nSPS) is 16.9. The fourth-order valence-electron chi connectivity index (χ4n) is 3.95. The van der Waals surface area contributed by atoms with E-state index in [1.165, 1.54) is 0 Å². The van der Waals surface area contributed by atoms with Crippen molar-refractivity contribution in [1.82, 2.24) is 0 Å². The first-order chi connectivity index (χ1) is 13.0. The molecule has 0 saturated heterocycles. The van der Waals surface area contributed by atoms with Crippen molar-refractivity contribution in [3.05, 3.63) is 0 Å². The van der Waals surface area contributed by atoms with E-state index in [1.54, 1.807) is 0 Å². The summed E-state index contributed by atoms with van der Waals surface area (Å²) in [5.74, 6) is -5.37. The second-order valence-corrected chi connectivity index (χ2v) is 9.51. The quantitative estimate of drug-likeness (QED) is 0.250. The second-order valence-electron chi connectivity index (χ2n) is 7.83. The third-order valence-electron chi connectivity index (χ3n) is 5.93. The molecule has 4 unspecified atom stereocenters. The average Bonchev–Trinajstić information content (AvgIpc) is 2.61. The Morgan fingerprint density at radius 1 is 0.897 bits per heavy atom. The van der Waals surface area contributed by atoms with Gasteiger partial charge in [0.1, 0.15) is 0 Å². The van der Waals surface area contributed by atoms with Gasteiger partial charge in [0.2, 0.25) is 4.75 Å². The van der Waals surface area contributed by atoms with Crippen LogP contribution < -0.4 is 0 Å². The van der Waals surface area contributed by atoms with Gasteiger partial charge in [0, 0.05) is 0 Å². The van der Waals surface area contributed by atoms with E-state index in [1.807, 2.05) is 27.7 Å². The van der Waals surface area contributed by atoms with E-state index in [0.717, 1.165) is 25.7 Å². The maximum absolute atomic E-state index is 12.4. The van der Waals surface area contributed by atoms with Crippen LogP contribution in [0.3, 0.4) is 0 Å². The molecule has 0 aliphatic carbocycles. The third kappa shape index (κ3) is 8.61. The van der Waals surface area contributed by atoms with Gasteiger partial charge in [0.25, 0.3) is 10.1 Å². The summed E-state index contributed by atoms with van der Waals surface area (Å²) in [5.41, 5.74) is 0. The molecule has 0 spiro atoms. The van der Waals surface area contributed by atoms with Crippen LogP contribution >= 0.6 is 0 Å². The van der Waals surface area contributed by atoms with Crippen LogP contribution in [0, 0.1) is 17.8 Å². The van der Waals surface area contributed by atoms with E-state index < -0.39 is 39.1 Å². The molecule has 0 bridgehead atoms. The van der Waals surface area contributed by atoms with E-state index in [9.17, 15) is 32.8 Å². The van der Waals surface area contributed by atoms with Gasteiger partial charge in [0.15, 0.2) is 0 Å². The van der Waals surface area contributed by atoms with Crippen LogP contribution in [0.4, 0.5) is 0 Å². The first-order valence-electron chi connectivity index (χ1n) is 10.4. The summed E-state index contributed by atoms with van der Waals surface area (Å²) in [6.45, 7) is 7.67. The zero-order valence-electron chi connectivity index (χ0n) is 17.7. The van der Waals surface area contributed by atoms with Crippen LogP contribution in [0.1, 0.15) is 91.9 Å². The molecule has 7 nitrogen and oxygen atoms in total. The van der Waals surface area contributed by atoms with E-state index in [2.05, 4.69) is 0 Å². The zero-order valence-corrected chi connectivity index (χ0v) is 18.5. The molecule has 0 radical (unpaired) electrons. The van der Waals surface area contributed by atoms with E-state index in [-0.39, 0.29) is 37.1 Å². The molecule has 3 N–H and O–H groups in total. The van der Waals surface area contributed by atoms with Crippen molar-refractivity contribution >= 4 is 40.9 Å². The molecule has 0 rings (SSSR count). The van der Waals surface area contributed by atoms with Crippen LogP contribution in [0.2, 0.25) is 0 Å². The molecule has 0 aromatic heterocycles. The van der Waals surface area contributed by atoms with Crippen molar-refractivity contribution in [2.75, 3.05) is 0 Å². The second kappa shape index (κ2) is 14.5. The molecular formula is C20H39LiO7S. The standard InChI is InChI=1S/C20H38O7S.Li.H/c1-5-9-11-15(7-3)13-17(18(21)22)20(19(23)24,28(25,26)27)14-16(8-4)12-10-6-2;;/h15-17H,5-14H2,1-4H3,(H,21,22)(H,23,24)(H,25,26,27);;. The van der Waals surface area contributed by atoms with Crippen molar-refractivity contribution in [3.8, 4) is 0 Å². The number of carboxylic acids is 2. The Labute approximate surface area is 188 Å². The molecule has 0 saturated carbocycles. The number of carbonyl (C=O) groups is 2. The summed E-state index contributed by atoms with van der Waals surface area (Å²) in [4.78, 5) is 24.3. The van der Waals surface area contributed by atoms with E-state index >= 15 is 0 Å². The van der Waals surface area contributed by atoms with Gasteiger partial charge >= 0.3 is 30.8 Å². The van der Waals surface area contributed by atoms with Gasteiger partial charge in [0.05, 0.1) is 5.92 Å². The van der Waals surface area contributed by atoms with Crippen molar-refractivity contribution < 1.29 is 32.8 Å². The van der Waals surface area contributed by atoms with Gasteiger partial charge in [-0.3, -0.25) is 14.1 Å². The number of hydrogen-bond acceptors (Lipinski definition) is 4. The Bertz CT molecular complexity index is 594. The summed E-state index contributed by atoms with van der Waals surface area (Å²) in [6.07, 6.45) is 5.37. The predicted octanol–water partition coefficient (Wildman–Crippen LogP) is 3.96. The molecule has 0 aliphatic rings. The number of hydrogen-bond donors (Lipinski definition) is 3. The summed E-state index contributed by atoms with van der Waals surface area (Å²) < 4.78 is 32.0. The van der Waals surface area contributed by atoms with E-state index in [4.69, 9.17) is 0 Å². The van der Waals surface area contributed by atoms with Gasteiger partial charge in [-0.05, 0) is 24.7 Å². The van der Waals surface area contributed by atoms with Crippen LogP contribution in [-0.2, 0) is 19.7 Å². The third-order valence-corrected chi connectivity index (χ3v) is 7.48. The maximum atomic E-state index is 12.4. The van der Waals surface area contributed by atoms with Crippen molar-refractivity contribution in [3.63, 3.8) is 0 Å².